The van der Waals surface area contributed by atoms with Crippen LogP contribution in [0, 0.1) is 11.8 Å². The molecule has 0 amide bonds. The first-order valence-corrected chi connectivity index (χ1v) is 4.44. The van der Waals surface area contributed by atoms with Gasteiger partial charge in [0.05, 0.1) is 0 Å². The average Bonchev–Trinajstić information content (AvgIpc) is 2.31. The minimum atomic E-state index is -0.183. The topological polar surface area (TPSA) is 26.3 Å². The highest BCUT2D eigenvalue weighted by atomic mass is 16.5. The van der Waals surface area contributed by atoms with Crippen molar-refractivity contribution < 1.29 is 9.53 Å². The summed E-state index contributed by atoms with van der Waals surface area (Å²) >= 11 is 0. The second-order valence-electron chi connectivity index (χ2n) is 3.90. The third-order valence-corrected chi connectivity index (χ3v) is 2.13. The number of hydrogen-bond acceptors (Lipinski definition) is 2. The molecule has 1 rings (SSSR count). The zero-order valence-corrected chi connectivity index (χ0v) is 8.13. The minimum absolute atomic E-state index is 0.0116. The molecule has 68 valence electrons. The van der Waals surface area contributed by atoms with E-state index < -0.39 is 0 Å². The molecule has 0 saturated heterocycles. The number of ether oxygens (including phenoxy) is 1. The van der Waals surface area contributed by atoms with Crippen LogP contribution in [0.4, 0.5) is 0 Å². The second-order valence-corrected chi connectivity index (χ2v) is 3.90. The van der Waals surface area contributed by atoms with Crippen LogP contribution in [0.25, 0.3) is 0 Å². The van der Waals surface area contributed by atoms with Crippen LogP contribution in [0.2, 0.25) is 0 Å². The van der Waals surface area contributed by atoms with E-state index in [0.717, 1.165) is 5.57 Å². The Bertz CT molecular complexity index is 214. The maximum atomic E-state index is 11.0. The fraction of sp³-hybridized carbons (Fsp3) is 0.700. The van der Waals surface area contributed by atoms with E-state index in [9.17, 15) is 4.79 Å². The lowest BCUT2D eigenvalue weighted by Crippen LogP contribution is -2.21. The van der Waals surface area contributed by atoms with E-state index in [-0.39, 0.29) is 12.1 Å². The molecule has 2 heteroatoms. The van der Waals surface area contributed by atoms with E-state index in [0.29, 0.717) is 11.8 Å². The summed E-state index contributed by atoms with van der Waals surface area (Å²) in [6.45, 7) is 8.31. The zero-order chi connectivity index (χ0) is 9.30. The van der Waals surface area contributed by atoms with Crippen molar-refractivity contribution in [2.45, 2.75) is 33.8 Å². The van der Waals surface area contributed by atoms with Gasteiger partial charge in [-0.25, -0.2) is 4.79 Å². The Morgan fingerprint density at radius 2 is 1.92 bits per heavy atom. The highest BCUT2D eigenvalue weighted by Crippen LogP contribution is 2.27. The molecule has 0 saturated carbocycles. The molecule has 0 aromatic rings. The average molecular weight is 168 g/mol. The monoisotopic (exact) mass is 168 g/mol. The van der Waals surface area contributed by atoms with Gasteiger partial charge in [0.2, 0.25) is 0 Å². The molecular formula is C10H16O2. The fourth-order valence-corrected chi connectivity index (χ4v) is 1.46. The van der Waals surface area contributed by atoms with Crippen LogP contribution < -0.4 is 0 Å². The first kappa shape index (κ1) is 9.30. The molecule has 12 heavy (non-hydrogen) atoms. The van der Waals surface area contributed by atoms with Crippen LogP contribution in [0.15, 0.2) is 11.6 Å². The SMILES string of the molecule is CC(C)C1=CC(=O)OC1C(C)C. The Kier molecular flexibility index (Phi) is 2.55. The van der Waals surface area contributed by atoms with Gasteiger partial charge in [0.1, 0.15) is 6.10 Å². The van der Waals surface area contributed by atoms with Gasteiger partial charge in [0.25, 0.3) is 0 Å². The molecule has 1 unspecified atom stereocenters. The standard InChI is InChI=1S/C10H16O2/c1-6(2)8-5-9(11)12-10(8)7(3)4/h5-7,10H,1-4H3. The lowest BCUT2D eigenvalue weighted by molar-refractivity contribution is -0.140. The van der Waals surface area contributed by atoms with E-state index in [1.54, 1.807) is 6.08 Å². The highest BCUT2D eigenvalue weighted by Gasteiger charge is 2.29. The summed E-state index contributed by atoms with van der Waals surface area (Å²) in [5, 5.41) is 0. The van der Waals surface area contributed by atoms with Crippen LogP contribution in [0.1, 0.15) is 27.7 Å². The predicted molar refractivity (Wildman–Crippen MR) is 47.6 cm³/mol. The lowest BCUT2D eigenvalue weighted by atomic mass is 9.92. The second kappa shape index (κ2) is 3.30. The molecule has 0 aliphatic carbocycles. The van der Waals surface area contributed by atoms with Crippen molar-refractivity contribution in [2.24, 2.45) is 11.8 Å². The van der Waals surface area contributed by atoms with Gasteiger partial charge in [-0.3, -0.25) is 0 Å². The summed E-state index contributed by atoms with van der Waals surface area (Å²) in [6.07, 6.45) is 1.65. The van der Waals surface area contributed by atoms with Gasteiger partial charge in [-0.1, -0.05) is 27.7 Å². The van der Waals surface area contributed by atoms with E-state index in [2.05, 4.69) is 27.7 Å². The molecule has 1 aliphatic rings. The van der Waals surface area contributed by atoms with Gasteiger partial charge in [-0.15, -0.1) is 0 Å². The van der Waals surface area contributed by atoms with Crippen LogP contribution in [0.3, 0.4) is 0 Å². The van der Waals surface area contributed by atoms with Gasteiger partial charge in [0, 0.05) is 6.08 Å². The molecule has 1 atom stereocenters. The molecule has 1 aliphatic heterocycles. The first-order valence-electron chi connectivity index (χ1n) is 4.44. The van der Waals surface area contributed by atoms with E-state index >= 15 is 0 Å². The maximum Gasteiger partial charge on any atom is 0.331 e. The van der Waals surface area contributed by atoms with Crippen molar-refractivity contribution in [3.05, 3.63) is 11.6 Å². The fourth-order valence-electron chi connectivity index (χ4n) is 1.46. The number of cyclic esters (lactones) is 1. The Morgan fingerprint density at radius 1 is 1.33 bits per heavy atom. The van der Waals surface area contributed by atoms with Crippen LogP contribution >= 0.6 is 0 Å². The quantitative estimate of drug-likeness (QED) is 0.590. The van der Waals surface area contributed by atoms with Crippen molar-refractivity contribution in [3.8, 4) is 0 Å². The molecule has 0 aromatic heterocycles. The van der Waals surface area contributed by atoms with Crippen molar-refractivity contribution in [2.75, 3.05) is 0 Å². The number of rotatable bonds is 2. The summed E-state index contributed by atoms with van der Waals surface area (Å²) in [4.78, 5) is 11.0. The van der Waals surface area contributed by atoms with E-state index in [1.165, 1.54) is 0 Å². The Morgan fingerprint density at radius 3 is 2.25 bits per heavy atom. The molecular weight excluding hydrogens is 152 g/mol. The van der Waals surface area contributed by atoms with Crippen molar-refractivity contribution in [1.29, 1.82) is 0 Å². The Labute approximate surface area is 73.6 Å². The highest BCUT2D eigenvalue weighted by molar-refractivity contribution is 5.86. The zero-order valence-electron chi connectivity index (χ0n) is 8.13. The molecule has 0 aromatic carbocycles. The van der Waals surface area contributed by atoms with Gasteiger partial charge < -0.3 is 4.74 Å². The third-order valence-electron chi connectivity index (χ3n) is 2.13. The minimum Gasteiger partial charge on any atom is -0.454 e. The van der Waals surface area contributed by atoms with Crippen molar-refractivity contribution in [3.63, 3.8) is 0 Å². The van der Waals surface area contributed by atoms with E-state index in [4.69, 9.17) is 4.74 Å². The maximum absolute atomic E-state index is 11.0. The van der Waals surface area contributed by atoms with Crippen LogP contribution in [0.5, 0.6) is 0 Å². The number of carbonyl (C=O) groups is 1. The van der Waals surface area contributed by atoms with Gasteiger partial charge in [-0.05, 0) is 17.4 Å². The molecule has 0 radical (unpaired) electrons. The molecule has 0 bridgehead atoms. The lowest BCUT2D eigenvalue weighted by Gasteiger charge is -2.19. The molecule has 1 heterocycles. The van der Waals surface area contributed by atoms with Crippen molar-refractivity contribution in [1.82, 2.24) is 0 Å². The summed E-state index contributed by atoms with van der Waals surface area (Å²) in [7, 11) is 0. The Balaban J connectivity index is 2.80. The molecule has 2 nitrogen and oxygen atoms in total. The largest absolute Gasteiger partial charge is 0.454 e. The third kappa shape index (κ3) is 1.68. The summed E-state index contributed by atoms with van der Waals surface area (Å²) in [5.74, 6) is 0.603. The van der Waals surface area contributed by atoms with Crippen molar-refractivity contribution >= 4 is 5.97 Å². The molecule has 0 spiro atoms. The predicted octanol–water partition coefficient (Wildman–Crippen LogP) is 2.15. The van der Waals surface area contributed by atoms with E-state index in [1.807, 2.05) is 0 Å². The normalized spacial score (nSPS) is 23.3. The molecule has 0 fully saturated rings. The van der Waals surface area contributed by atoms with Crippen LogP contribution in [-0.2, 0) is 9.53 Å². The Hall–Kier alpha value is -0.790. The van der Waals surface area contributed by atoms with Gasteiger partial charge in [0.15, 0.2) is 0 Å². The number of carbonyl (C=O) groups excluding carboxylic acids is 1. The smallest absolute Gasteiger partial charge is 0.331 e. The van der Waals surface area contributed by atoms with Crippen LogP contribution in [-0.4, -0.2) is 12.1 Å². The van der Waals surface area contributed by atoms with Gasteiger partial charge in [-0.2, -0.15) is 0 Å². The first-order chi connectivity index (χ1) is 5.52. The molecule has 0 N–H and O–H groups in total. The number of esters is 1. The summed E-state index contributed by atoms with van der Waals surface area (Å²) in [5.41, 5.74) is 1.13. The summed E-state index contributed by atoms with van der Waals surface area (Å²) in [6, 6.07) is 0. The number of hydrogen-bond donors (Lipinski definition) is 0. The summed E-state index contributed by atoms with van der Waals surface area (Å²) < 4.78 is 5.17. The van der Waals surface area contributed by atoms with Gasteiger partial charge >= 0.3 is 5.97 Å².